The van der Waals surface area contributed by atoms with Gasteiger partial charge in [0.05, 0.1) is 35.7 Å². The van der Waals surface area contributed by atoms with Crippen LogP contribution in [0.4, 0.5) is 10.8 Å². The van der Waals surface area contributed by atoms with Crippen molar-refractivity contribution in [1.29, 1.82) is 0 Å². The number of ether oxygens (including phenoxy) is 1. The zero-order valence-electron chi connectivity index (χ0n) is 16.9. The maximum atomic E-state index is 12.9. The molecule has 0 spiro atoms. The minimum atomic E-state index is -0.263. The molecule has 4 rings (SSSR count). The summed E-state index contributed by atoms with van der Waals surface area (Å²) in [6.07, 6.45) is -0.263. The number of hydrogen-bond acceptors (Lipinski definition) is 8. The van der Waals surface area contributed by atoms with Crippen LogP contribution in [0.5, 0.6) is 0 Å². The molecule has 0 aromatic carbocycles. The van der Waals surface area contributed by atoms with Crippen LogP contribution in [0.1, 0.15) is 43.4 Å². The first kappa shape index (κ1) is 19.9. The molecule has 1 N–H and O–H groups in total. The molecule has 1 saturated heterocycles. The van der Waals surface area contributed by atoms with Gasteiger partial charge in [-0.25, -0.2) is 9.97 Å². The molecule has 3 aromatic heterocycles. The molecule has 152 valence electrons. The van der Waals surface area contributed by atoms with Gasteiger partial charge in [-0.2, -0.15) is 0 Å². The lowest BCUT2D eigenvalue weighted by Gasteiger charge is -2.32. The van der Waals surface area contributed by atoms with E-state index < -0.39 is 0 Å². The van der Waals surface area contributed by atoms with Gasteiger partial charge in [-0.1, -0.05) is 0 Å². The quantitative estimate of drug-likeness (QED) is 0.670. The van der Waals surface area contributed by atoms with Crippen LogP contribution >= 0.6 is 22.7 Å². The normalized spacial score (nSPS) is 16.8. The van der Waals surface area contributed by atoms with Crippen molar-refractivity contribution in [1.82, 2.24) is 19.9 Å². The van der Waals surface area contributed by atoms with Gasteiger partial charge in [0, 0.05) is 22.8 Å². The summed E-state index contributed by atoms with van der Waals surface area (Å²) in [5.74, 6) is 0.0121. The summed E-state index contributed by atoms with van der Waals surface area (Å²) in [7, 11) is 0. The molecule has 1 amide bonds. The maximum absolute atomic E-state index is 12.9. The molecule has 0 radical (unpaired) electrons. The zero-order chi connectivity index (χ0) is 20.5. The highest BCUT2D eigenvalue weighted by Crippen LogP contribution is 2.29. The lowest BCUT2D eigenvalue weighted by molar-refractivity contribution is -0.0246. The first-order valence-corrected chi connectivity index (χ1v) is 11.1. The Labute approximate surface area is 177 Å². The molecule has 29 heavy (non-hydrogen) atoms. The molecular formula is C20H23N5O2S2. The fourth-order valence-corrected chi connectivity index (χ4v) is 4.85. The van der Waals surface area contributed by atoms with Gasteiger partial charge in [0.2, 0.25) is 0 Å². The molecule has 1 atom stereocenters. The first-order chi connectivity index (χ1) is 13.9. The van der Waals surface area contributed by atoms with Crippen LogP contribution in [0.3, 0.4) is 0 Å². The molecule has 1 unspecified atom stereocenters. The average Bonchev–Trinajstić information content (AvgIpc) is 3.25. The van der Waals surface area contributed by atoms with E-state index in [1.54, 1.807) is 16.8 Å². The van der Waals surface area contributed by atoms with Crippen molar-refractivity contribution in [3.05, 3.63) is 50.2 Å². The molecule has 1 aliphatic rings. The first-order valence-electron chi connectivity index (χ1n) is 9.41. The Balaban J connectivity index is 1.53. The molecule has 1 aliphatic heterocycles. The van der Waals surface area contributed by atoms with Crippen molar-refractivity contribution in [3.63, 3.8) is 0 Å². The second-order valence-corrected chi connectivity index (χ2v) is 9.14. The number of carbonyl (C=O) groups is 1. The lowest BCUT2D eigenvalue weighted by atomic mass is 10.1. The average molecular weight is 430 g/mol. The summed E-state index contributed by atoms with van der Waals surface area (Å²) in [5.41, 5.74) is 6.15. The Morgan fingerprint density at radius 1 is 1.21 bits per heavy atom. The third-order valence-corrected chi connectivity index (χ3v) is 6.78. The minimum Gasteiger partial charge on any atom is -0.368 e. The maximum Gasteiger partial charge on any atom is 0.266 e. The molecule has 1 fully saturated rings. The van der Waals surface area contributed by atoms with E-state index in [1.807, 2.05) is 37.8 Å². The van der Waals surface area contributed by atoms with E-state index in [0.29, 0.717) is 24.6 Å². The molecule has 9 heteroatoms. The lowest BCUT2D eigenvalue weighted by Crippen LogP contribution is -2.42. The fourth-order valence-electron chi connectivity index (χ4n) is 3.24. The number of aromatic nitrogens is 3. The SMILES string of the molecule is Cc1cc(Nc2nc(C)c(C)s2)cc(C2CN(C(=O)c3scnc3C)CCO2)n1. The van der Waals surface area contributed by atoms with Gasteiger partial charge < -0.3 is 15.0 Å². The Bertz CT molecular complexity index is 1030. The van der Waals surface area contributed by atoms with Crippen molar-refractivity contribution < 1.29 is 9.53 Å². The molecular weight excluding hydrogens is 406 g/mol. The van der Waals surface area contributed by atoms with Gasteiger partial charge >= 0.3 is 0 Å². The number of aryl methyl sites for hydroxylation is 4. The smallest absolute Gasteiger partial charge is 0.266 e. The summed E-state index contributed by atoms with van der Waals surface area (Å²) >= 11 is 3.01. The van der Waals surface area contributed by atoms with E-state index in [2.05, 4.69) is 27.2 Å². The fraction of sp³-hybridized carbons (Fsp3) is 0.400. The monoisotopic (exact) mass is 429 g/mol. The van der Waals surface area contributed by atoms with Gasteiger partial charge in [-0.3, -0.25) is 9.78 Å². The van der Waals surface area contributed by atoms with Crippen LogP contribution in [0, 0.1) is 27.7 Å². The van der Waals surface area contributed by atoms with E-state index in [0.717, 1.165) is 33.6 Å². The van der Waals surface area contributed by atoms with Crippen molar-refractivity contribution in [2.75, 3.05) is 25.0 Å². The van der Waals surface area contributed by atoms with Crippen LogP contribution in [0.2, 0.25) is 0 Å². The van der Waals surface area contributed by atoms with Crippen LogP contribution in [-0.2, 0) is 4.74 Å². The number of thiazole rings is 2. The van der Waals surface area contributed by atoms with Gasteiger partial charge in [0.1, 0.15) is 11.0 Å². The predicted octanol–water partition coefficient (Wildman–Crippen LogP) is 4.19. The number of hydrogen-bond donors (Lipinski definition) is 1. The van der Waals surface area contributed by atoms with Crippen LogP contribution in [0.15, 0.2) is 17.6 Å². The number of anilines is 2. The number of carbonyl (C=O) groups excluding carboxylic acids is 1. The largest absolute Gasteiger partial charge is 0.368 e. The second kappa shape index (κ2) is 8.17. The summed E-state index contributed by atoms with van der Waals surface area (Å²) < 4.78 is 5.97. The minimum absolute atomic E-state index is 0.0121. The van der Waals surface area contributed by atoms with Crippen LogP contribution in [0.25, 0.3) is 0 Å². The number of pyridine rings is 1. The molecule has 0 saturated carbocycles. The molecule has 4 heterocycles. The highest BCUT2D eigenvalue weighted by Gasteiger charge is 2.29. The van der Waals surface area contributed by atoms with Crippen molar-refractivity contribution in [3.8, 4) is 0 Å². The number of nitrogens with one attached hydrogen (secondary N) is 1. The second-order valence-electron chi connectivity index (χ2n) is 7.09. The van der Waals surface area contributed by atoms with Crippen molar-refractivity contribution >= 4 is 39.4 Å². The third-order valence-electron chi connectivity index (χ3n) is 4.88. The number of morpholine rings is 1. The highest BCUT2D eigenvalue weighted by atomic mass is 32.1. The summed E-state index contributed by atoms with van der Waals surface area (Å²) in [5, 5.41) is 4.23. The van der Waals surface area contributed by atoms with Gasteiger partial charge in [0.25, 0.3) is 5.91 Å². The summed E-state index contributed by atoms with van der Waals surface area (Å²) in [6, 6.07) is 3.97. The van der Waals surface area contributed by atoms with Gasteiger partial charge in [0.15, 0.2) is 5.13 Å². The molecule has 3 aromatic rings. The van der Waals surface area contributed by atoms with Crippen LogP contribution < -0.4 is 5.32 Å². The Kier molecular flexibility index (Phi) is 5.62. The zero-order valence-corrected chi connectivity index (χ0v) is 18.5. The Hall–Kier alpha value is -2.36. The Morgan fingerprint density at radius 2 is 2.03 bits per heavy atom. The summed E-state index contributed by atoms with van der Waals surface area (Å²) in [6.45, 7) is 9.42. The topological polar surface area (TPSA) is 80.2 Å². The summed E-state index contributed by atoms with van der Waals surface area (Å²) in [4.78, 5) is 30.0. The van der Waals surface area contributed by atoms with Gasteiger partial charge in [-0.05, 0) is 39.8 Å². The van der Waals surface area contributed by atoms with E-state index in [-0.39, 0.29) is 12.0 Å². The van der Waals surface area contributed by atoms with Crippen LogP contribution in [-0.4, -0.2) is 45.5 Å². The highest BCUT2D eigenvalue weighted by molar-refractivity contribution is 7.15. The standard InChI is InChI=1S/C20H23N5O2S2/c1-11-7-15(24-20-23-12(2)14(4)29-20)8-16(22-11)17-9-25(5-6-27-17)19(26)18-13(3)21-10-28-18/h7-8,10,17H,5-6,9H2,1-4H3,(H,22,23,24). The van der Waals surface area contributed by atoms with E-state index in [1.165, 1.54) is 16.2 Å². The molecule has 7 nitrogen and oxygen atoms in total. The Morgan fingerprint density at radius 3 is 2.72 bits per heavy atom. The van der Waals surface area contributed by atoms with Crippen molar-refractivity contribution in [2.45, 2.75) is 33.8 Å². The van der Waals surface area contributed by atoms with E-state index in [4.69, 9.17) is 4.74 Å². The number of rotatable bonds is 4. The molecule has 0 aliphatic carbocycles. The predicted molar refractivity (Wildman–Crippen MR) is 115 cm³/mol. The number of amides is 1. The number of nitrogens with zero attached hydrogens (tertiary/aromatic N) is 4. The van der Waals surface area contributed by atoms with E-state index in [9.17, 15) is 4.79 Å². The molecule has 0 bridgehead atoms. The van der Waals surface area contributed by atoms with Crippen molar-refractivity contribution in [2.24, 2.45) is 0 Å². The third kappa shape index (κ3) is 4.31. The van der Waals surface area contributed by atoms with E-state index >= 15 is 0 Å². The van der Waals surface area contributed by atoms with Gasteiger partial charge in [-0.15, -0.1) is 22.7 Å².